The summed E-state index contributed by atoms with van der Waals surface area (Å²) in [5.74, 6) is 3.29. The number of aromatic nitrogens is 4. The van der Waals surface area contributed by atoms with Crippen molar-refractivity contribution < 1.29 is 4.52 Å². The number of benzene rings is 2. The standard InChI is InChI=1S/C35H40N4O3.Ca.ClH/c1-3-4-9-31-30(33(40)39(22(2)36-31)21-35-18-24-14-25(19-35)16-26(15-24)20-35)17-23-10-12-27(13-11-23)28-7-5-6-8-29(28)32-37-34(41)42-38-32;;/h5-8,10-13,24-26H,3-4,9,14-21H2,1-2H3,(H,37,38,41);;1H. The second-order valence-corrected chi connectivity index (χ2v) is 13.4. The van der Waals surface area contributed by atoms with Crippen molar-refractivity contribution in [1.82, 2.24) is 19.7 Å². The molecule has 4 fully saturated rings. The Morgan fingerprint density at radius 2 is 1.59 bits per heavy atom. The van der Waals surface area contributed by atoms with Crippen LogP contribution in [0.15, 0.2) is 62.6 Å². The fourth-order valence-corrected chi connectivity index (χ4v) is 8.78. The minimum absolute atomic E-state index is 0. The van der Waals surface area contributed by atoms with Gasteiger partial charge in [0.05, 0.1) is 5.69 Å². The van der Waals surface area contributed by atoms with Crippen LogP contribution in [0.1, 0.15) is 80.9 Å². The van der Waals surface area contributed by atoms with Gasteiger partial charge >= 0.3 is 5.76 Å². The molecule has 2 aromatic heterocycles. The molecule has 44 heavy (non-hydrogen) atoms. The van der Waals surface area contributed by atoms with Gasteiger partial charge in [-0.3, -0.25) is 18.9 Å². The average molecular weight is 641 g/mol. The molecule has 0 spiro atoms. The van der Waals surface area contributed by atoms with E-state index in [2.05, 4.69) is 41.3 Å². The number of hydrogen-bond acceptors (Lipinski definition) is 5. The number of H-pyrrole nitrogens is 1. The van der Waals surface area contributed by atoms with Crippen molar-refractivity contribution in [3.8, 4) is 22.5 Å². The van der Waals surface area contributed by atoms with Gasteiger partial charge in [0.2, 0.25) is 0 Å². The second kappa shape index (κ2) is 13.7. The van der Waals surface area contributed by atoms with E-state index in [-0.39, 0.29) is 61.1 Å². The number of halogens is 1. The van der Waals surface area contributed by atoms with E-state index >= 15 is 0 Å². The number of nitrogens with zero attached hydrogens (tertiary/aromatic N) is 3. The maximum atomic E-state index is 14.3. The van der Waals surface area contributed by atoms with Gasteiger partial charge in [-0.2, -0.15) is 0 Å². The molecule has 0 saturated heterocycles. The van der Waals surface area contributed by atoms with Gasteiger partial charge in [-0.1, -0.05) is 67.0 Å². The minimum Gasteiger partial charge on any atom is -0.296 e. The van der Waals surface area contributed by atoms with Gasteiger partial charge in [0.1, 0.15) is 5.82 Å². The molecule has 2 radical (unpaired) electrons. The topological polar surface area (TPSA) is 93.8 Å². The molecular formula is C35H41CaClN4O3. The van der Waals surface area contributed by atoms with Crippen molar-refractivity contribution in [1.29, 1.82) is 0 Å². The number of nitrogens with one attached hydrogen (secondary N) is 1. The largest absolute Gasteiger partial charge is 0.439 e. The summed E-state index contributed by atoms with van der Waals surface area (Å²) in [6.45, 7) is 5.05. The number of aryl methyl sites for hydroxylation is 2. The normalized spacial score (nSPS) is 23.3. The van der Waals surface area contributed by atoms with E-state index in [0.29, 0.717) is 12.2 Å². The molecule has 4 saturated carbocycles. The Bertz CT molecular complexity index is 1690. The van der Waals surface area contributed by atoms with Crippen molar-refractivity contribution in [3.05, 3.63) is 92.1 Å². The van der Waals surface area contributed by atoms with Crippen LogP contribution in [0, 0.1) is 30.1 Å². The zero-order valence-electron chi connectivity index (χ0n) is 25.8. The summed E-state index contributed by atoms with van der Waals surface area (Å²) in [5.41, 5.74) is 6.10. The third kappa shape index (κ3) is 6.53. The molecular weight excluding hydrogens is 600 g/mol. The molecule has 4 aromatic rings. The van der Waals surface area contributed by atoms with Gasteiger partial charge in [-0.25, -0.2) is 9.78 Å². The van der Waals surface area contributed by atoms with Crippen LogP contribution in [0.4, 0.5) is 0 Å². The van der Waals surface area contributed by atoms with Crippen LogP contribution in [0.5, 0.6) is 0 Å². The predicted octanol–water partition coefficient (Wildman–Crippen LogP) is 6.75. The number of unbranched alkanes of at least 4 members (excludes halogenated alkanes) is 1. The van der Waals surface area contributed by atoms with Crippen LogP contribution >= 0.6 is 12.4 Å². The van der Waals surface area contributed by atoms with Gasteiger partial charge in [0, 0.05) is 61.8 Å². The Labute approximate surface area is 294 Å². The Hall–Kier alpha value is -2.19. The van der Waals surface area contributed by atoms with E-state index in [1.54, 1.807) is 0 Å². The van der Waals surface area contributed by atoms with Gasteiger partial charge in [-0.15, -0.1) is 12.4 Å². The first-order valence-electron chi connectivity index (χ1n) is 15.7. The van der Waals surface area contributed by atoms with E-state index in [1.807, 2.05) is 35.8 Å². The van der Waals surface area contributed by atoms with Crippen LogP contribution < -0.4 is 11.3 Å². The maximum Gasteiger partial charge on any atom is 0.439 e. The molecule has 7 nitrogen and oxygen atoms in total. The van der Waals surface area contributed by atoms with E-state index < -0.39 is 5.76 Å². The molecule has 0 unspecified atom stereocenters. The summed E-state index contributed by atoms with van der Waals surface area (Å²) in [6.07, 6.45) is 11.6. The summed E-state index contributed by atoms with van der Waals surface area (Å²) in [4.78, 5) is 33.6. The number of rotatable bonds is 9. The van der Waals surface area contributed by atoms with Gasteiger partial charge in [0.15, 0.2) is 5.82 Å². The Kier molecular flexibility index (Phi) is 10.3. The van der Waals surface area contributed by atoms with Crippen molar-refractivity contribution in [2.75, 3.05) is 0 Å². The molecule has 1 N–H and O–H groups in total. The fraction of sp³-hybridized carbons (Fsp3) is 0.486. The van der Waals surface area contributed by atoms with Crippen LogP contribution in [0.25, 0.3) is 22.5 Å². The van der Waals surface area contributed by atoms with Gasteiger partial charge in [-0.05, 0) is 98.1 Å². The monoisotopic (exact) mass is 640 g/mol. The molecule has 4 aliphatic carbocycles. The summed E-state index contributed by atoms with van der Waals surface area (Å²) in [5, 5.41) is 3.88. The average Bonchev–Trinajstić information content (AvgIpc) is 3.41. The van der Waals surface area contributed by atoms with Gasteiger partial charge < -0.3 is 0 Å². The van der Waals surface area contributed by atoms with Crippen molar-refractivity contribution in [2.45, 2.75) is 84.6 Å². The van der Waals surface area contributed by atoms with E-state index in [4.69, 9.17) is 9.51 Å². The number of hydrogen-bond donors (Lipinski definition) is 1. The molecule has 2 aromatic carbocycles. The van der Waals surface area contributed by atoms with Crippen molar-refractivity contribution in [3.63, 3.8) is 0 Å². The SMILES string of the molecule is CCCCc1nc(C)n(CC23CC4CC(CC(C4)C2)C3)c(=O)c1Cc1ccc(-c2ccccc2-c2noc(=O)[nH]2)cc1.Cl.[Ca]. The molecule has 8 rings (SSSR count). The molecule has 4 bridgehead atoms. The first-order chi connectivity index (χ1) is 20.4. The minimum atomic E-state index is -0.574. The zero-order chi connectivity index (χ0) is 28.8. The van der Waals surface area contributed by atoms with E-state index in [9.17, 15) is 9.59 Å². The smallest absolute Gasteiger partial charge is 0.296 e. The fourth-order valence-electron chi connectivity index (χ4n) is 8.78. The third-order valence-electron chi connectivity index (χ3n) is 10.2. The summed E-state index contributed by atoms with van der Waals surface area (Å²) >= 11 is 0. The Morgan fingerprint density at radius 3 is 2.18 bits per heavy atom. The molecule has 4 aliphatic rings. The van der Waals surface area contributed by atoms with Crippen LogP contribution in [0.2, 0.25) is 0 Å². The zero-order valence-corrected chi connectivity index (χ0v) is 28.8. The first-order valence-corrected chi connectivity index (χ1v) is 15.7. The van der Waals surface area contributed by atoms with Crippen molar-refractivity contribution >= 4 is 50.1 Å². The summed E-state index contributed by atoms with van der Waals surface area (Å²) in [6, 6.07) is 16.2. The molecule has 0 aliphatic heterocycles. The summed E-state index contributed by atoms with van der Waals surface area (Å²) < 4.78 is 6.78. The Morgan fingerprint density at radius 1 is 0.955 bits per heavy atom. The van der Waals surface area contributed by atoms with Crippen LogP contribution in [-0.4, -0.2) is 57.4 Å². The van der Waals surface area contributed by atoms with Crippen molar-refractivity contribution in [2.24, 2.45) is 23.2 Å². The molecule has 9 heteroatoms. The third-order valence-corrected chi connectivity index (χ3v) is 10.2. The number of aromatic amines is 1. The van der Waals surface area contributed by atoms with Crippen LogP contribution in [0.3, 0.4) is 0 Å². The molecule has 2 heterocycles. The predicted molar refractivity (Wildman–Crippen MR) is 176 cm³/mol. The maximum absolute atomic E-state index is 14.3. The second-order valence-electron chi connectivity index (χ2n) is 13.4. The molecule has 228 valence electrons. The first kappa shape index (κ1) is 33.2. The Balaban J connectivity index is 0.00000192. The van der Waals surface area contributed by atoms with Crippen LogP contribution in [-0.2, 0) is 19.4 Å². The molecule has 0 amide bonds. The molecule has 0 atom stereocenters. The summed E-state index contributed by atoms with van der Waals surface area (Å²) in [7, 11) is 0. The quantitative estimate of drug-likeness (QED) is 0.204. The van der Waals surface area contributed by atoms with Gasteiger partial charge in [0.25, 0.3) is 5.56 Å². The van der Waals surface area contributed by atoms with E-state index in [1.165, 1.54) is 38.5 Å². The van der Waals surface area contributed by atoms with E-state index in [0.717, 1.165) is 82.9 Å².